The van der Waals surface area contributed by atoms with E-state index in [1.165, 1.54) is 0 Å². The average molecular weight is 761 g/mol. The van der Waals surface area contributed by atoms with Gasteiger partial charge in [-0.05, 0) is 45.8 Å². The molecular weight excluding hydrogens is 721 g/mol. The molecule has 4 bridgehead atoms. The van der Waals surface area contributed by atoms with Crippen LogP contribution in [0.25, 0.3) is 40.3 Å². The quantitative estimate of drug-likeness (QED) is 0.143. The second-order valence-electron chi connectivity index (χ2n) is 11.0. The smallest absolute Gasteiger partial charge is 0.146 e. The van der Waals surface area contributed by atoms with E-state index < -0.39 is 0 Å². The summed E-state index contributed by atoms with van der Waals surface area (Å²) in [5.41, 5.74) is 0. The second-order valence-corrected chi connectivity index (χ2v) is 14.7. The first kappa shape index (κ1) is 35.6. The Kier molecular flexibility index (Phi) is 13.3. The summed E-state index contributed by atoms with van der Waals surface area (Å²) in [5.74, 6) is 3.49. The molecule has 4 aromatic heterocycles. The molecule has 8 rings (SSSR count). The van der Waals surface area contributed by atoms with Crippen molar-refractivity contribution in [1.82, 2.24) is 0 Å². The van der Waals surface area contributed by atoms with Crippen LogP contribution in [0.3, 0.4) is 0 Å². The molecule has 0 amide bonds. The van der Waals surface area contributed by atoms with E-state index in [2.05, 4.69) is 45.8 Å². The third-order valence-electron chi connectivity index (χ3n) is 7.85. The summed E-state index contributed by atoms with van der Waals surface area (Å²) in [5, 5.41) is 12.5. The molecular formula is C36H40O10S4. The molecule has 0 saturated heterocycles. The Morgan fingerprint density at radius 2 is 0.480 bits per heavy atom. The summed E-state index contributed by atoms with van der Waals surface area (Å²) < 4.78 is 64.0. The molecule has 2 aliphatic rings. The SMILES string of the molecule is c1cc2c3c4sccc4c(c2s1)OCCOCCOCCOCCOc1c2ccsc2c(c2ccsc12)OCCOCCOCCOCCO3. The van der Waals surface area contributed by atoms with Gasteiger partial charge >= 0.3 is 0 Å². The largest absolute Gasteiger partial charge is 0.489 e. The lowest BCUT2D eigenvalue weighted by Gasteiger charge is -2.14. The standard InChI is InChI=1S/C36H40O10S4/c1-21-47-33-25(1)29-34-26(2-22-48-34)30(33)44-18-14-40-10-6-38-8-12-42-16-20-46-32-28-4-24-49-35(28)31(27-3-23-50-36(27)32)45-19-15-41-11-7-37-5-9-39-13-17-43-29/h1-4,21-24H,5-20H2. The normalized spacial score (nSPS) is 18.1. The van der Waals surface area contributed by atoms with E-state index in [-0.39, 0.29) is 0 Å². The number of ether oxygens (including phenoxy) is 10. The highest BCUT2D eigenvalue weighted by Gasteiger charge is 2.20. The number of benzene rings is 2. The van der Waals surface area contributed by atoms with Crippen molar-refractivity contribution in [3.05, 3.63) is 45.8 Å². The fraction of sp³-hybridized carbons (Fsp3) is 0.444. The molecule has 0 unspecified atom stereocenters. The van der Waals surface area contributed by atoms with Crippen LogP contribution >= 0.6 is 45.3 Å². The van der Waals surface area contributed by atoms with Crippen LogP contribution < -0.4 is 18.9 Å². The van der Waals surface area contributed by atoms with Crippen molar-refractivity contribution >= 4 is 85.7 Å². The molecule has 6 aromatic rings. The number of thiophene rings is 4. The maximum absolute atomic E-state index is 6.28. The highest BCUT2D eigenvalue weighted by molar-refractivity contribution is 7.20. The number of hydrogen-bond donors (Lipinski definition) is 0. The molecule has 0 spiro atoms. The van der Waals surface area contributed by atoms with E-state index in [4.69, 9.17) is 47.4 Å². The minimum Gasteiger partial charge on any atom is -0.489 e. The number of hydrogen-bond acceptors (Lipinski definition) is 14. The van der Waals surface area contributed by atoms with E-state index >= 15 is 0 Å². The molecule has 0 atom stereocenters. The molecule has 6 heterocycles. The van der Waals surface area contributed by atoms with Crippen LogP contribution in [-0.2, 0) is 28.4 Å². The minimum atomic E-state index is 0.439. The number of rotatable bonds is 0. The van der Waals surface area contributed by atoms with Crippen LogP contribution in [0.4, 0.5) is 0 Å². The average Bonchev–Trinajstić information content (AvgIpc) is 3.96. The van der Waals surface area contributed by atoms with Gasteiger partial charge in [0.05, 0.1) is 98.1 Å². The van der Waals surface area contributed by atoms with Gasteiger partial charge in [-0.25, -0.2) is 0 Å². The van der Waals surface area contributed by atoms with Gasteiger partial charge in [0, 0.05) is 21.5 Å². The van der Waals surface area contributed by atoms with Crippen molar-refractivity contribution in [3.63, 3.8) is 0 Å². The fourth-order valence-corrected chi connectivity index (χ4v) is 9.23. The number of fused-ring (bicyclic) bond motifs is 25. The third-order valence-corrected chi connectivity index (χ3v) is 11.5. The van der Waals surface area contributed by atoms with E-state index in [1.54, 1.807) is 45.3 Å². The Labute approximate surface area is 306 Å². The summed E-state index contributed by atoms with van der Waals surface area (Å²) >= 11 is 6.59. The molecule has 2 aliphatic heterocycles. The Morgan fingerprint density at radius 3 is 0.700 bits per heavy atom. The zero-order valence-electron chi connectivity index (χ0n) is 27.6. The lowest BCUT2D eigenvalue weighted by atomic mass is 10.1. The highest BCUT2D eigenvalue weighted by Crippen LogP contribution is 2.48. The van der Waals surface area contributed by atoms with Crippen LogP contribution in [0.15, 0.2) is 45.8 Å². The van der Waals surface area contributed by atoms with Crippen molar-refractivity contribution in [2.45, 2.75) is 0 Å². The molecule has 0 aliphatic carbocycles. The molecule has 2 aromatic carbocycles. The van der Waals surface area contributed by atoms with Crippen molar-refractivity contribution in [2.75, 3.05) is 106 Å². The molecule has 0 N–H and O–H groups in total. The van der Waals surface area contributed by atoms with Crippen LogP contribution in [0.1, 0.15) is 0 Å². The van der Waals surface area contributed by atoms with Crippen LogP contribution in [-0.4, -0.2) is 106 Å². The van der Waals surface area contributed by atoms with E-state index in [9.17, 15) is 0 Å². The predicted molar refractivity (Wildman–Crippen MR) is 201 cm³/mol. The summed E-state index contributed by atoms with van der Waals surface area (Å²) in [4.78, 5) is 0. The summed E-state index contributed by atoms with van der Waals surface area (Å²) in [6.45, 7) is 7.48. The zero-order chi connectivity index (χ0) is 33.8. The summed E-state index contributed by atoms with van der Waals surface area (Å²) in [6, 6.07) is 8.35. The van der Waals surface area contributed by atoms with E-state index in [0.29, 0.717) is 106 Å². The molecule has 10 nitrogen and oxygen atoms in total. The van der Waals surface area contributed by atoms with E-state index in [1.807, 2.05) is 0 Å². The van der Waals surface area contributed by atoms with E-state index in [0.717, 1.165) is 63.3 Å². The maximum atomic E-state index is 6.28. The Bertz CT molecular complexity index is 1560. The lowest BCUT2D eigenvalue weighted by Crippen LogP contribution is -2.15. The van der Waals surface area contributed by atoms with Crippen molar-refractivity contribution in [1.29, 1.82) is 0 Å². The Morgan fingerprint density at radius 1 is 0.280 bits per heavy atom. The fourth-order valence-electron chi connectivity index (χ4n) is 5.61. The molecule has 0 radical (unpaired) electrons. The summed E-state index contributed by atoms with van der Waals surface area (Å²) in [7, 11) is 0. The van der Waals surface area contributed by atoms with Crippen LogP contribution in [0.5, 0.6) is 23.0 Å². The summed E-state index contributed by atoms with van der Waals surface area (Å²) in [6.07, 6.45) is 0. The Balaban J connectivity index is 0.935. The maximum Gasteiger partial charge on any atom is 0.146 e. The van der Waals surface area contributed by atoms with Gasteiger partial charge in [0.25, 0.3) is 0 Å². The van der Waals surface area contributed by atoms with Gasteiger partial charge in [0.15, 0.2) is 0 Å². The van der Waals surface area contributed by atoms with Gasteiger partial charge in [0.2, 0.25) is 0 Å². The van der Waals surface area contributed by atoms with Crippen molar-refractivity contribution < 1.29 is 47.4 Å². The zero-order valence-corrected chi connectivity index (χ0v) is 30.9. The van der Waals surface area contributed by atoms with Gasteiger partial charge in [0.1, 0.15) is 49.4 Å². The predicted octanol–water partition coefficient (Wildman–Crippen LogP) is 7.87. The first-order valence-electron chi connectivity index (χ1n) is 16.7. The molecule has 268 valence electrons. The van der Waals surface area contributed by atoms with Crippen molar-refractivity contribution in [2.24, 2.45) is 0 Å². The monoisotopic (exact) mass is 760 g/mol. The van der Waals surface area contributed by atoms with Gasteiger partial charge in [-0.2, -0.15) is 0 Å². The second kappa shape index (κ2) is 18.6. The van der Waals surface area contributed by atoms with Crippen molar-refractivity contribution in [3.8, 4) is 23.0 Å². The first-order valence-corrected chi connectivity index (χ1v) is 20.2. The highest BCUT2D eigenvalue weighted by atomic mass is 32.1. The topological polar surface area (TPSA) is 92.3 Å². The Hall–Kier alpha value is -2.76. The van der Waals surface area contributed by atoms with Gasteiger partial charge < -0.3 is 47.4 Å². The van der Waals surface area contributed by atoms with Gasteiger partial charge in [-0.3, -0.25) is 0 Å². The van der Waals surface area contributed by atoms with Crippen LogP contribution in [0, 0.1) is 0 Å². The first-order chi connectivity index (χ1) is 24.9. The molecule has 0 fully saturated rings. The van der Waals surface area contributed by atoms with Crippen LogP contribution in [0.2, 0.25) is 0 Å². The third kappa shape index (κ3) is 8.64. The van der Waals surface area contributed by atoms with Gasteiger partial charge in [-0.1, -0.05) is 0 Å². The molecule has 0 saturated carbocycles. The van der Waals surface area contributed by atoms with Gasteiger partial charge in [-0.15, -0.1) is 45.3 Å². The minimum absolute atomic E-state index is 0.439. The lowest BCUT2D eigenvalue weighted by molar-refractivity contribution is 0.00508. The molecule has 14 heteroatoms. The molecule has 50 heavy (non-hydrogen) atoms.